The predicted octanol–water partition coefficient (Wildman–Crippen LogP) is 5.72. The summed E-state index contributed by atoms with van der Waals surface area (Å²) in [7, 11) is 0. The van der Waals surface area contributed by atoms with Crippen LogP contribution in [0.3, 0.4) is 0 Å². The first-order chi connectivity index (χ1) is 18.6. The van der Waals surface area contributed by atoms with Crippen LogP contribution in [0, 0.1) is 0 Å². The first kappa shape index (κ1) is 25.0. The Hall–Kier alpha value is -4.62. The number of ether oxygens (including phenoxy) is 2. The van der Waals surface area contributed by atoms with Gasteiger partial charge in [0.05, 0.1) is 30.0 Å². The fourth-order valence-electron chi connectivity index (χ4n) is 4.41. The van der Waals surface area contributed by atoms with E-state index in [1.165, 1.54) is 6.07 Å². The zero-order chi connectivity index (χ0) is 26.3. The van der Waals surface area contributed by atoms with Crippen LogP contribution in [0.1, 0.15) is 26.3 Å². The highest BCUT2D eigenvalue weighted by atomic mass is 16.5. The molecule has 38 heavy (non-hydrogen) atoms. The van der Waals surface area contributed by atoms with E-state index in [1.807, 2.05) is 66.7 Å². The molecule has 7 heteroatoms. The molecule has 0 saturated carbocycles. The molecule has 4 aromatic rings. The number of anilines is 2. The molecule has 1 aliphatic rings. The van der Waals surface area contributed by atoms with Crippen molar-refractivity contribution in [3.05, 3.63) is 114 Å². The smallest absolute Gasteiger partial charge is 0.337 e. The number of hydrogen-bond acceptors (Lipinski definition) is 5. The van der Waals surface area contributed by atoms with Gasteiger partial charge < -0.3 is 24.8 Å². The predicted molar refractivity (Wildman–Crippen MR) is 147 cm³/mol. The summed E-state index contributed by atoms with van der Waals surface area (Å²) in [4.78, 5) is 27.8. The summed E-state index contributed by atoms with van der Waals surface area (Å²) in [5.74, 6) is -1.15. The standard InChI is InChI=1S/C31H28N2O5/c34-30(32-28-19-24(11-13-26(28)31(35)36)23-9-5-2-6-10-23)27-20-25(33-15-17-37-18-16-33)12-14-29(27)38-21-22-7-3-1-4-8-22/h1-14,19-20H,15-18,21H2,(H,32,34)(H,35,36). The lowest BCUT2D eigenvalue weighted by molar-refractivity contribution is 0.0698. The van der Waals surface area contributed by atoms with Crippen molar-refractivity contribution in [3.63, 3.8) is 0 Å². The summed E-state index contributed by atoms with van der Waals surface area (Å²) in [5, 5.41) is 12.6. The molecular weight excluding hydrogens is 480 g/mol. The Morgan fingerprint density at radius 3 is 2.24 bits per heavy atom. The van der Waals surface area contributed by atoms with Crippen molar-refractivity contribution in [1.82, 2.24) is 0 Å². The Morgan fingerprint density at radius 2 is 1.53 bits per heavy atom. The van der Waals surface area contributed by atoms with Gasteiger partial charge in [0.25, 0.3) is 5.91 Å². The molecule has 1 amide bonds. The number of amides is 1. The summed E-state index contributed by atoms with van der Waals surface area (Å²) in [6.45, 7) is 2.95. The van der Waals surface area contributed by atoms with Gasteiger partial charge in [0.15, 0.2) is 0 Å². The molecule has 0 spiro atoms. The maximum atomic E-state index is 13.7. The van der Waals surface area contributed by atoms with Gasteiger partial charge in [-0.15, -0.1) is 0 Å². The summed E-state index contributed by atoms with van der Waals surface area (Å²) >= 11 is 0. The van der Waals surface area contributed by atoms with E-state index in [9.17, 15) is 14.7 Å². The van der Waals surface area contributed by atoms with Crippen LogP contribution in [0.4, 0.5) is 11.4 Å². The SMILES string of the molecule is O=C(O)c1ccc(-c2ccccc2)cc1NC(=O)c1cc(N2CCOCC2)ccc1OCc1ccccc1. The average molecular weight is 509 g/mol. The van der Waals surface area contributed by atoms with E-state index in [0.29, 0.717) is 44.2 Å². The lowest BCUT2D eigenvalue weighted by Gasteiger charge is -2.29. The van der Waals surface area contributed by atoms with Gasteiger partial charge in [0.1, 0.15) is 12.4 Å². The molecule has 1 aliphatic heterocycles. The zero-order valence-corrected chi connectivity index (χ0v) is 20.8. The quantitative estimate of drug-likeness (QED) is 0.317. The molecule has 2 N–H and O–H groups in total. The van der Waals surface area contributed by atoms with Crippen LogP contribution in [0.5, 0.6) is 5.75 Å². The summed E-state index contributed by atoms with van der Waals surface area (Å²) in [5.41, 5.74) is 4.12. The number of aromatic carboxylic acids is 1. The van der Waals surface area contributed by atoms with Crippen LogP contribution >= 0.6 is 0 Å². The molecule has 5 rings (SSSR count). The van der Waals surface area contributed by atoms with Gasteiger partial charge in [-0.25, -0.2) is 4.79 Å². The largest absolute Gasteiger partial charge is 0.488 e. The Labute approximate surface area is 221 Å². The monoisotopic (exact) mass is 508 g/mol. The molecule has 0 radical (unpaired) electrons. The minimum absolute atomic E-state index is 0.00844. The first-order valence-corrected chi connectivity index (χ1v) is 12.5. The normalized spacial score (nSPS) is 13.1. The van der Waals surface area contributed by atoms with Crippen molar-refractivity contribution in [3.8, 4) is 16.9 Å². The minimum atomic E-state index is -1.12. The molecule has 7 nitrogen and oxygen atoms in total. The highest BCUT2D eigenvalue weighted by Gasteiger charge is 2.21. The van der Waals surface area contributed by atoms with Crippen molar-refractivity contribution < 1.29 is 24.2 Å². The van der Waals surface area contributed by atoms with Gasteiger partial charge >= 0.3 is 5.97 Å². The van der Waals surface area contributed by atoms with Gasteiger partial charge in [0.2, 0.25) is 0 Å². The maximum Gasteiger partial charge on any atom is 0.337 e. The lowest BCUT2D eigenvalue weighted by Crippen LogP contribution is -2.36. The number of carbonyl (C=O) groups is 2. The van der Waals surface area contributed by atoms with Crippen LogP contribution < -0.4 is 15.0 Å². The number of carboxylic acids is 1. The second kappa shape index (κ2) is 11.6. The summed E-state index contributed by atoms with van der Waals surface area (Å²) in [6.07, 6.45) is 0. The van der Waals surface area contributed by atoms with Crippen LogP contribution in [0.15, 0.2) is 97.1 Å². The number of hydrogen-bond donors (Lipinski definition) is 2. The van der Waals surface area contributed by atoms with E-state index in [-0.39, 0.29) is 11.3 Å². The van der Waals surface area contributed by atoms with Gasteiger partial charge in [-0.05, 0) is 47.0 Å². The van der Waals surface area contributed by atoms with Crippen molar-refractivity contribution in [2.24, 2.45) is 0 Å². The number of nitrogens with zero attached hydrogens (tertiary/aromatic N) is 1. The second-order valence-corrected chi connectivity index (χ2v) is 8.94. The van der Waals surface area contributed by atoms with E-state index in [0.717, 1.165) is 22.4 Å². The van der Waals surface area contributed by atoms with Crippen LogP contribution in [0.2, 0.25) is 0 Å². The van der Waals surface area contributed by atoms with Gasteiger partial charge in [-0.2, -0.15) is 0 Å². The third-order valence-corrected chi connectivity index (χ3v) is 6.43. The van der Waals surface area contributed by atoms with Crippen LogP contribution in [0.25, 0.3) is 11.1 Å². The fourth-order valence-corrected chi connectivity index (χ4v) is 4.41. The van der Waals surface area contributed by atoms with E-state index in [4.69, 9.17) is 9.47 Å². The number of morpholine rings is 1. The number of carboxylic acid groups (broad SMARTS) is 1. The van der Waals surface area contributed by atoms with E-state index >= 15 is 0 Å². The van der Waals surface area contributed by atoms with Crippen molar-refractivity contribution in [1.29, 1.82) is 0 Å². The van der Waals surface area contributed by atoms with Gasteiger partial charge in [0, 0.05) is 18.8 Å². The van der Waals surface area contributed by atoms with Crippen molar-refractivity contribution >= 4 is 23.3 Å². The van der Waals surface area contributed by atoms with Crippen molar-refractivity contribution in [2.45, 2.75) is 6.61 Å². The highest BCUT2D eigenvalue weighted by Crippen LogP contribution is 2.30. The number of nitrogens with one attached hydrogen (secondary N) is 1. The second-order valence-electron chi connectivity index (χ2n) is 8.94. The Morgan fingerprint density at radius 1 is 0.816 bits per heavy atom. The molecule has 0 bridgehead atoms. The highest BCUT2D eigenvalue weighted by molar-refractivity contribution is 6.10. The van der Waals surface area contributed by atoms with E-state index in [2.05, 4.69) is 10.2 Å². The molecule has 1 saturated heterocycles. The topological polar surface area (TPSA) is 88.1 Å². The molecule has 0 unspecified atom stereocenters. The summed E-state index contributed by atoms with van der Waals surface area (Å²) in [6, 6.07) is 29.8. The Balaban J connectivity index is 1.48. The molecule has 1 heterocycles. The number of benzene rings is 4. The molecule has 192 valence electrons. The molecular formula is C31H28N2O5. The van der Waals surface area contributed by atoms with Crippen LogP contribution in [-0.2, 0) is 11.3 Å². The maximum absolute atomic E-state index is 13.7. The first-order valence-electron chi connectivity index (χ1n) is 12.5. The van der Waals surface area contributed by atoms with Crippen LogP contribution in [-0.4, -0.2) is 43.3 Å². The molecule has 1 fully saturated rings. The number of rotatable bonds is 8. The molecule has 0 aromatic heterocycles. The molecule has 0 aliphatic carbocycles. The summed E-state index contributed by atoms with van der Waals surface area (Å²) < 4.78 is 11.5. The van der Waals surface area contributed by atoms with Crippen molar-refractivity contribution in [2.75, 3.05) is 36.5 Å². The Kier molecular flexibility index (Phi) is 7.66. The third kappa shape index (κ3) is 5.85. The minimum Gasteiger partial charge on any atom is -0.488 e. The lowest BCUT2D eigenvalue weighted by atomic mass is 10.0. The van der Waals surface area contributed by atoms with Gasteiger partial charge in [-0.1, -0.05) is 66.7 Å². The third-order valence-electron chi connectivity index (χ3n) is 6.43. The zero-order valence-electron chi connectivity index (χ0n) is 20.8. The molecule has 4 aromatic carbocycles. The van der Waals surface area contributed by atoms with E-state index < -0.39 is 11.9 Å². The van der Waals surface area contributed by atoms with Gasteiger partial charge in [-0.3, -0.25) is 4.79 Å². The molecule has 0 atom stereocenters. The average Bonchev–Trinajstić information content (AvgIpc) is 2.97. The fraction of sp³-hybridized carbons (Fsp3) is 0.161. The van der Waals surface area contributed by atoms with E-state index in [1.54, 1.807) is 24.3 Å². The Bertz CT molecular complexity index is 1420. The number of carbonyl (C=O) groups excluding carboxylic acids is 1.